The van der Waals surface area contributed by atoms with Gasteiger partial charge < -0.3 is 24.5 Å². The minimum atomic E-state index is 0.00951. The highest BCUT2D eigenvalue weighted by Crippen LogP contribution is 2.37. The smallest absolute Gasteiger partial charge is 0.201 e. The van der Waals surface area contributed by atoms with Gasteiger partial charge in [-0.25, -0.2) is 0 Å². The Morgan fingerprint density at radius 1 is 1.36 bits per heavy atom. The van der Waals surface area contributed by atoms with Crippen molar-refractivity contribution in [2.24, 2.45) is 4.99 Å². The number of nitrogens with zero attached hydrogens (tertiary/aromatic N) is 2. The van der Waals surface area contributed by atoms with E-state index in [1.54, 1.807) is 7.11 Å². The van der Waals surface area contributed by atoms with Gasteiger partial charge in [0.25, 0.3) is 0 Å². The second-order valence-corrected chi connectivity index (χ2v) is 6.78. The Kier molecular flexibility index (Phi) is 5.30. The van der Waals surface area contributed by atoms with E-state index < -0.39 is 0 Å². The second kappa shape index (κ2) is 7.45. The number of hydrogen-bond acceptors (Lipinski definition) is 5. The first-order valence-electron chi connectivity index (χ1n) is 8.76. The third kappa shape index (κ3) is 3.50. The van der Waals surface area contributed by atoms with Crippen molar-refractivity contribution < 1.29 is 14.6 Å². The van der Waals surface area contributed by atoms with E-state index in [-0.39, 0.29) is 11.9 Å². The molecule has 2 aromatic rings. The average Bonchev–Trinajstić information content (AvgIpc) is 2.86. The lowest BCUT2D eigenvalue weighted by Gasteiger charge is -2.16. The summed E-state index contributed by atoms with van der Waals surface area (Å²) in [6.45, 7) is 8.44. The van der Waals surface area contributed by atoms with E-state index in [1.807, 2.05) is 23.6 Å². The minimum absolute atomic E-state index is 0.00951. The summed E-state index contributed by atoms with van der Waals surface area (Å²) in [4.78, 5) is 4.59. The highest BCUT2D eigenvalue weighted by Gasteiger charge is 2.24. The van der Waals surface area contributed by atoms with Crippen molar-refractivity contribution in [3.05, 3.63) is 23.8 Å². The van der Waals surface area contributed by atoms with Gasteiger partial charge in [-0.3, -0.25) is 4.99 Å². The molecule has 1 aromatic carbocycles. The Bertz CT molecular complexity index is 780. The third-order valence-electron chi connectivity index (χ3n) is 4.35. The van der Waals surface area contributed by atoms with Crippen LogP contribution in [0.3, 0.4) is 0 Å². The molecule has 0 amide bonds. The van der Waals surface area contributed by atoms with Gasteiger partial charge in [-0.1, -0.05) is 0 Å². The van der Waals surface area contributed by atoms with Crippen LogP contribution < -0.4 is 5.32 Å². The van der Waals surface area contributed by atoms with Gasteiger partial charge in [0.15, 0.2) is 0 Å². The number of ether oxygens (including phenoxy) is 2. The van der Waals surface area contributed by atoms with Crippen molar-refractivity contribution in [2.45, 2.75) is 32.9 Å². The first-order valence-corrected chi connectivity index (χ1v) is 8.76. The van der Waals surface area contributed by atoms with Crippen LogP contribution in [0.25, 0.3) is 10.9 Å². The zero-order chi connectivity index (χ0) is 18.0. The Hall–Kier alpha value is -2.05. The maximum absolute atomic E-state index is 11.0. The number of methoxy groups -OCH3 is 1. The standard InChI is InChI=1S/C19H27N3O3/c1-12(2)21-14-5-6-17-15(9-14)18(16-11-25-8-7-20-16)19(23)22(17)13(3)10-24-4/h5-6,9,12-13,21,23H,7-8,10-11H2,1-4H3. The summed E-state index contributed by atoms with van der Waals surface area (Å²) >= 11 is 0. The molecule has 6 heteroatoms. The summed E-state index contributed by atoms with van der Waals surface area (Å²) in [5, 5.41) is 15.4. The molecular formula is C19H27N3O3. The molecule has 1 aliphatic rings. The van der Waals surface area contributed by atoms with Gasteiger partial charge in [-0.15, -0.1) is 0 Å². The molecule has 3 rings (SSSR count). The van der Waals surface area contributed by atoms with Gasteiger partial charge in [-0.05, 0) is 39.0 Å². The number of benzene rings is 1. The molecule has 0 saturated carbocycles. The largest absolute Gasteiger partial charge is 0.494 e. The molecule has 1 aliphatic heterocycles. The van der Waals surface area contributed by atoms with Crippen molar-refractivity contribution in [3.63, 3.8) is 0 Å². The molecule has 0 saturated heterocycles. The number of anilines is 1. The molecule has 0 spiro atoms. The fraction of sp³-hybridized carbons (Fsp3) is 0.526. The van der Waals surface area contributed by atoms with Crippen LogP contribution in [0.5, 0.6) is 5.88 Å². The molecule has 0 bridgehead atoms. The predicted octanol–water partition coefficient (Wildman–Crippen LogP) is 3.19. The highest BCUT2D eigenvalue weighted by molar-refractivity contribution is 6.14. The second-order valence-electron chi connectivity index (χ2n) is 6.78. The van der Waals surface area contributed by atoms with Crippen molar-refractivity contribution in [2.75, 3.05) is 38.8 Å². The lowest BCUT2D eigenvalue weighted by atomic mass is 10.1. The number of nitrogens with one attached hydrogen (secondary N) is 1. The zero-order valence-electron chi connectivity index (χ0n) is 15.4. The summed E-state index contributed by atoms with van der Waals surface area (Å²) in [5.41, 5.74) is 3.57. The molecule has 6 nitrogen and oxygen atoms in total. The summed E-state index contributed by atoms with van der Waals surface area (Å²) in [7, 11) is 1.67. The minimum Gasteiger partial charge on any atom is -0.494 e. The van der Waals surface area contributed by atoms with Gasteiger partial charge in [-0.2, -0.15) is 0 Å². The first-order chi connectivity index (χ1) is 12.0. The highest BCUT2D eigenvalue weighted by atomic mass is 16.5. The molecule has 1 atom stereocenters. The van der Waals surface area contributed by atoms with E-state index in [1.165, 1.54) is 0 Å². The number of aliphatic imine (C=N–C) groups is 1. The molecule has 2 N–H and O–H groups in total. The van der Waals surface area contributed by atoms with Gasteiger partial charge in [0.1, 0.15) is 0 Å². The van der Waals surface area contributed by atoms with Crippen LogP contribution in [0.2, 0.25) is 0 Å². The van der Waals surface area contributed by atoms with E-state index in [2.05, 4.69) is 30.2 Å². The van der Waals surface area contributed by atoms with E-state index in [0.29, 0.717) is 32.4 Å². The van der Waals surface area contributed by atoms with Crippen LogP contribution in [0.4, 0.5) is 5.69 Å². The Morgan fingerprint density at radius 3 is 2.80 bits per heavy atom. The van der Waals surface area contributed by atoms with Crippen LogP contribution in [0, 0.1) is 0 Å². The Morgan fingerprint density at radius 2 is 2.16 bits per heavy atom. The number of aromatic hydroxyl groups is 1. The quantitative estimate of drug-likeness (QED) is 0.844. The number of fused-ring (bicyclic) bond motifs is 1. The summed E-state index contributed by atoms with van der Waals surface area (Å²) in [6, 6.07) is 6.51. The zero-order valence-corrected chi connectivity index (χ0v) is 15.4. The van der Waals surface area contributed by atoms with Gasteiger partial charge >= 0.3 is 0 Å². The number of aromatic nitrogens is 1. The molecule has 2 heterocycles. The molecule has 0 radical (unpaired) electrons. The predicted molar refractivity (Wildman–Crippen MR) is 101 cm³/mol. The Balaban J connectivity index is 2.19. The van der Waals surface area contributed by atoms with Crippen LogP contribution in [0.15, 0.2) is 23.2 Å². The van der Waals surface area contributed by atoms with Crippen LogP contribution >= 0.6 is 0 Å². The number of hydrogen-bond donors (Lipinski definition) is 2. The summed E-state index contributed by atoms with van der Waals surface area (Å²) < 4.78 is 12.8. The van der Waals surface area contributed by atoms with Crippen molar-refractivity contribution >= 4 is 22.3 Å². The topological polar surface area (TPSA) is 68.0 Å². The van der Waals surface area contributed by atoms with Crippen molar-refractivity contribution in [1.82, 2.24) is 4.57 Å². The molecular weight excluding hydrogens is 318 g/mol. The first kappa shape index (κ1) is 17.8. The molecule has 0 fully saturated rings. The maximum atomic E-state index is 11.0. The van der Waals surface area contributed by atoms with E-state index in [0.717, 1.165) is 27.9 Å². The van der Waals surface area contributed by atoms with Gasteiger partial charge in [0.2, 0.25) is 5.88 Å². The van der Waals surface area contributed by atoms with E-state index >= 15 is 0 Å². The fourth-order valence-electron chi connectivity index (χ4n) is 3.38. The fourth-order valence-corrected chi connectivity index (χ4v) is 3.38. The van der Waals surface area contributed by atoms with Crippen LogP contribution in [-0.4, -0.2) is 54.9 Å². The molecule has 0 aliphatic carbocycles. The van der Waals surface area contributed by atoms with Gasteiger partial charge in [0, 0.05) is 24.2 Å². The van der Waals surface area contributed by atoms with Crippen LogP contribution in [0.1, 0.15) is 32.4 Å². The molecule has 1 unspecified atom stereocenters. The van der Waals surface area contributed by atoms with Crippen molar-refractivity contribution in [1.29, 1.82) is 0 Å². The normalized spacial score (nSPS) is 16.3. The SMILES string of the molecule is COCC(C)n1c(O)c(C2=NCCOC2)c2cc(NC(C)C)ccc21. The lowest BCUT2D eigenvalue weighted by molar-refractivity contribution is 0.159. The summed E-state index contributed by atoms with van der Waals surface area (Å²) in [6.07, 6.45) is 0. The molecule has 1 aromatic heterocycles. The number of rotatable bonds is 6. The lowest BCUT2D eigenvalue weighted by Crippen LogP contribution is -2.19. The van der Waals surface area contributed by atoms with Crippen molar-refractivity contribution in [3.8, 4) is 5.88 Å². The van der Waals surface area contributed by atoms with Crippen LogP contribution in [-0.2, 0) is 9.47 Å². The average molecular weight is 345 g/mol. The van der Waals surface area contributed by atoms with Gasteiger partial charge in [0.05, 0.1) is 49.2 Å². The summed E-state index contributed by atoms with van der Waals surface area (Å²) in [5.74, 6) is 0.227. The third-order valence-corrected chi connectivity index (χ3v) is 4.35. The maximum Gasteiger partial charge on any atom is 0.201 e. The molecule has 25 heavy (non-hydrogen) atoms. The molecule has 136 valence electrons. The van der Waals surface area contributed by atoms with E-state index in [4.69, 9.17) is 9.47 Å². The Labute approximate surface area is 148 Å². The monoisotopic (exact) mass is 345 g/mol. The van der Waals surface area contributed by atoms with E-state index in [9.17, 15) is 5.11 Å².